The topological polar surface area (TPSA) is 38.8 Å². The second-order valence-electron chi connectivity index (χ2n) is 4.31. The Kier molecular flexibility index (Phi) is 4.44. The molecule has 1 aromatic carbocycles. The number of halogens is 2. The fourth-order valence-electron chi connectivity index (χ4n) is 2.07. The summed E-state index contributed by atoms with van der Waals surface area (Å²) in [5.41, 5.74) is -0.135. The Morgan fingerprint density at radius 2 is 2.32 bits per heavy atom. The molecule has 1 heterocycles. The zero-order chi connectivity index (χ0) is 13.8. The number of nitrogens with zero attached hydrogens (tertiary/aromatic N) is 1. The molecule has 1 unspecified atom stereocenters. The van der Waals surface area contributed by atoms with Crippen LogP contribution in [0.15, 0.2) is 18.2 Å². The zero-order valence-corrected chi connectivity index (χ0v) is 10.6. The number of carbonyl (C=O) groups is 1. The molecule has 1 fully saturated rings. The van der Waals surface area contributed by atoms with Gasteiger partial charge in [-0.1, -0.05) is 0 Å². The second kappa shape index (κ2) is 6.08. The molecule has 1 aliphatic heterocycles. The van der Waals surface area contributed by atoms with Crippen LogP contribution < -0.4 is 0 Å². The maximum atomic E-state index is 13.6. The largest absolute Gasteiger partial charge is 0.382 e. The maximum Gasteiger partial charge on any atom is 0.257 e. The summed E-state index contributed by atoms with van der Waals surface area (Å²) in [4.78, 5) is 13.8. The van der Waals surface area contributed by atoms with Crippen LogP contribution in [0.25, 0.3) is 0 Å². The Labute approximate surface area is 109 Å². The van der Waals surface area contributed by atoms with Crippen molar-refractivity contribution < 1.29 is 23.0 Å². The molecule has 1 amide bonds. The highest BCUT2D eigenvalue weighted by Gasteiger charge is 2.29. The molecule has 0 bridgehead atoms. The van der Waals surface area contributed by atoms with E-state index in [1.54, 1.807) is 0 Å². The second-order valence-corrected chi connectivity index (χ2v) is 4.31. The van der Waals surface area contributed by atoms with E-state index >= 15 is 0 Å². The van der Waals surface area contributed by atoms with Crippen molar-refractivity contribution in [2.24, 2.45) is 0 Å². The molecule has 104 valence electrons. The summed E-state index contributed by atoms with van der Waals surface area (Å²) < 4.78 is 36.8. The van der Waals surface area contributed by atoms with Crippen LogP contribution in [0.1, 0.15) is 10.4 Å². The molecule has 0 aromatic heterocycles. The van der Waals surface area contributed by atoms with Gasteiger partial charge in [-0.25, -0.2) is 8.78 Å². The van der Waals surface area contributed by atoms with Crippen molar-refractivity contribution in [1.82, 2.24) is 4.90 Å². The van der Waals surface area contributed by atoms with Crippen LogP contribution in [0.3, 0.4) is 0 Å². The molecule has 19 heavy (non-hydrogen) atoms. The molecular weight excluding hydrogens is 256 g/mol. The lowest BCUT2D eigenvalue weighted by Gasteiger charge is -2.35. The van der Waals surface area contributed by atoms with E-state index in [1.807, 2.05) is 0 Å². The number of rotatable bonds is 3. The van der Waals surface area contributed by atoms with E-state index in [0.717, 1.165) is 12.1 Å². The van der Waals surface area contributed by atoms with Gasteiger partial charge in [0.25, 0.3) is 5.91 Å². The van der Waals surface area contributed by atoms with Gasteiger partial charge in [0, 0.05) is 19.7 Å². The molecule has 0 radical (unpaired) electrons. The smallest absolute Gasteiger partial charge is 0.257 e. The molecule has 0 N–H and O–H groups in total. The standard InChI is InChI=1S/C13H15F2NO3/c1-18-7-10-8-19-5-4-16(10)13(17)11-3-2-9(14)6-12(11)15/h2-3,6,10H,4-5,7-8H2,1H3. The van der Waals surface area contributed by atoms with Crippen molar-refractivity contribution in [3.05, 3.63) is 35.4 Å². The quantitative estimate of drug-likeness (QED) is 0.835. The first-order chi connectivity index (χ1) is 9.13. The lowest BCUT2D eigenvalue weighted by molar-refractivity contribution is -0.0253. The van der Waals surface area contributed by atoms with E-state index in [0.29, 0.717) is 32.4 Å². The monoisotopic (exact) mass is 271 g/mol. The molecule has 0 spiro atoms. The van der Waals surface area contributed by atoms with Crippen molar-refractivity contribution in [3.8, 4) is 0 Å². The van der Waals surface area contributed by atoms with Crippen LogP contribution in [0.2, 0.25) is 0 Å². The summed E-state index contributed by atoms with van der Waals surface area (Å²) in [5.74, 6) is -2.03. The minimum atomic E-state index is -0.854. The van der Waals surface area contributed by atoms with Crippen molar-refractivity contribution in [3.63, 3.8) is 0 Å². The molecule has 6 heteroatoms. The third-order valence-electron chi connectivity index (χ3n) is 3.01. The van der Waals surface area contributed by atoms with Crippen LogP contribution in [0.4, 0.5) is 8.78 Å². The Morgan fingerprint density at radius 1 is 1.53 bits per heavy atom. The Balaban J connectivity index is 2.21. The normalized spacial score (nSPS) is 19.5. The predicted molar refractivity (Wildman–Crippen MR) is 63.9 cm³/mol. The van der Waals surface area contributed by atoms with E-state index in [2.05, 4.69) is 0 Å². The van der Waals surface area contributed by atoms with Gasteiger partial charge in [0.05, 0.1) is 31.4 Å². The van der Waals surface area contributed by atoms with E-state index in [1.165, 1.54) is 12.0 Å². The van der Waals surface area contributed by atoms with Gasteiger partial charge in [0.1, 0.15) is 11.6 Å². The SMILES string of the molecule is COCC1COCCN1C(=O)c1ccc(F)cc1F. The van der Waals surface area contributed by atoms with Crippen LogP contribution in [-0.2, 0) is 9.47 Å². The van der Waals surface area contributed by atoms with Crippen LogP contribution in [0, 0.1) is 11.6 Å². The molecule has 4 nitrogen and oxygen atoms in total. The molecule has 0 saturated carbocycles. The summed E-state index contributed by atoms with van der Waals surface area (Å²) in [5, 5.41) is 0. The third kappa shape index (κ3) is 3.08. The van der Waals surface area contributed by atoms with E-state index in [9.17, 15) is 13.6 Å². The maximum absolute atomic E-state index is 13.6. The fraction of sp³-hybridized carbons (Fsp3) is 0.462. The van der Waals surface area contributed by atoms with Gasteiger partial charge in [0.2, 0.25) is 0 Å². The number of amides is 1. The summed E-state index contributed by atoms with van der Waals surface area (Å²) in [6.45, 7) is 1.43. The fourth-order valence-corrected chi connectivity index (χ4v) is 2.07. The predicted octanol–water partition coefficient (Wildman–Crippen LogP) is 1.45. The average Bonchev–Trinajstić information content (AvgIpc) is 2.39. The molecule has 1 aliphatic rings. The molecular formula is C13H15F2NO3. The summed E-state index contributed by atoms with van der Waals surface area (Å²) in [6, 6.07) is 2.68. The number of morpholine rings is 1. The Hall–Kier alpha value is -1.53. The van der Waals surface area contributed by atoms with Crippen LogP contribution in [-0.4, -0.2) is 50.3 Å². The summed E-state index contributed by atoms with van der Waals surface area (Å²) >= 11 is 0. The first-order valence-electron chi connectivity index (χ1n) is 5.96. The van der Waals surface area contributed by atoms with Crippen molar-refractivity contribution in [2.75, 3.05) is 33.5 Å². The highest BCUT2D eigenvalue weighted by Crippen LogP contribution is 2.16. The summed E-state index contributed by atoms with van der Waals surface area (Å²) in [6.07, 6.45) is 0. The van der Waals surface area contributed by atoms with Gasteiger partial charge in [-0.15, -0.1) is 0 Å². The van der Waals surface area contributed by atoms with Gasteiger partial charge >= 0.3 is 0 Å². The molecule has 1 saturated heterocycles. The minimum absolute atomic E-state index is 0.135. The van der Waals surface area contributed by atoms with Gasteiger partial charge in [-0.05, 0) is 12.1 Å². The minimum Gasteiger partial charge on any atom is -0.382 e. The lowest BCUT2D eigenvalue weighted by atomic mass is 10.1. The van der Waals surface area contributed by atoms with Gasteiger partial charge in [0.15, 0.2) is 0 Å². The Bertz CT molecular complexity index is 465. The van der Waals surface area contributed by atoms with Gasteiger partial charge < -0.3 is 14.4 Å². The highest BCUT2D eigenvalue weighted by molar-refractivity contribution is 5.94. The molecule has 1 aromatic rings. The van der Waals surface area contributed by atoms with Crippen molar-refractivity contribution in [2.45, 2.75) is 6.04 Å². The number of ether oxygens (including phenoxy) is 2. The highest BCUT2D eigenvalue weighted by atomic mass is 19.1. The van der Waals surface area contributed by atoms with Crippen LogP contribution in [0.5, 0.6) is 0 Å². The number of methoxy groups -OCH3 is 1. The zero-order valence-electron chi connectivity index (χ0n) is 10.6. The van der Waals surface area contributed by atoms with Gasteiger partial charge in [-0.2, -0.15) is 0 Å². The van der Waals surface area contributed by atoms with E-state index in [-0.39, 0.29) is 11.6 Å². The molecule has 0 aliphatic carbocycles. The lowest BCUT2D eigenvalue weighted by Crippen LogP contribution is -2.50. The first-order valence-corrected chi connectivity index (χ1v) is 5.96. The van der Waals surface area contributed by atoms with E-state index in [4.69, 9.17) is 9.47 Å². The first kappa shape index (κ1) is 13.9. The van der Waals surface area contributed by atoms with Gasteiger partial charge in [-0.3, -0.25) is 4.79 Å². The average molecular weight is 271 g/mol. The number of hydrogen-bond acceptors (Lipinski definition) is 3. The molecule has 1 atom stereocenters. The number of benzene rings is 1. The van der Waals surface area contributed by atoms with E-state index < -0.39 is 17.5 Å². The van der Waals surface area contributed by atoms with Crippen molar-refractivity contribution >= 4 is 5.91 Å². The number of carbonyl (C=O) groups excluding carboxylic acids is 1. The summed E-state index contributed by atoms with van der Waals surface area (Å²) in [7, 11) is 1.52. The molecule has 2 rings (SSSR count). The Morgan fingerprint density at radius 3 is 3.00 bits per heavy atom. The van der Waals surface area contributed by atoms with Crippen molar-refractivity contribution in [1.29, 1.82) is 0 Å². The third-order valence-corrected chi connectivity index (χ3v) is 3.01. The number of hydrogen-bond donors (Lipinski definition) is 0. The van der Waals surface area contributed by atoms with Crippen LogP contribution >= 0.6 is 0 Å².